The molecular formula is C22H25N5O4S. The van der Waals surface area contributed by atoms with Gasteiger partial charge in [0.05, 0.1) is 16.7 Å². The van der Waals surface area contributed by atoms with Crippen LogP contribution in [0, 0.1) is 5.92 Å². The van der Waals surface area contributed by atoms with Crippen molar-refractivity contribution in [1.29, 1.82) is 0 Å². The van der Waals surface area contributed by atoms with Gasteiger partial charge in [0.25, 0.3) is 11.5 Å². The number of nitrogens with one attached hydrogen (secondary N) is 2. The summed E-state index contributed by atoms with van der Waals surface area (Å²) in [6, 6.07) is 6.37. The van der Waals surface area contributed by atoms with Crippen LogP contribution < -0.4 is 16.3 Å². The number of carbonyl (C=O) groups is 3. The van der Waals surface area contributed by atoms with Crippen LogP contribution >= 0.6 is 11.8 Å². The highest BCUT2D eigenvalue weighted by molar-refractivity contribution is 7.99. The maximum atomic E-state index is 12.9. The number of benzene rings is 1. The van der Waals surface area contributed by atoms with Crippen molar-refractivity contribution in [2.75, 3.05) is 5.75 Å². The summed E-state index contributed by atoms with van der Waals surface area (Å²) in [5.41, 5.74) is 1.80. The van der Waals surface area contributed by atoms with Crippen LogP contribution in [0.4, 0.5) is 4.79 Å². The van der Waals surface area contributed by atoms with Crippen molar-refractivity contribution in [3.8, 4) is 0 Å². The smallest absolute Gasteiger partial charge is 0.322 e. The molecular weight excluding hydrogens is 430 g/mol. The van der Waals surface area contributed by atoms with Gasteiger partial charge in [-0.05, 0) is 43.7 Å². The zero-order chi connectivity index (χ0) is 22.9. The summed E-state index contributed by atoms with van der Waals surface area (Å²) < 4.78 is 1.44. The molecule has 32 heavy (non-hydrogen) atoms. The molecule has 2 heterocycles. The van der Waals surface area contributed by atoms with E-state index in [1.54, 1.807) is 30.3 Å². The summed E-state index contributed by atoms with van der Waals surface area (Å²) in [6.07, 6.45) is 4.40. The minimum atomic E-state index is -0.922. The molecule has 1 spiro atoms. The van der Waals surface area contributed by atoms with Crippen molar-refractivity contribution < 1.29 is 14.4 Å². The summed E-state index contributed by atoms with van der Waals surface area (Å²) in [5, 5.41) is 4.39. The van der Waals surface area contributed by atoms with Gasteiger partial charge < -0.3 is 5.32 Å². The highest BCUT2D eigenvalue weighted by Crippen LogP contribution is 2.35. The fourth-order valence-corrected chi connectivity index (χ4v) is 4.95. The normalized spacial score (nSPS) is 22.9. The molecule has 0 radical (unpaired) electrons. The molecule has 1 aliphatic carbocycles. The Hall–Kier alpha value is -3.14. The van der Waals surface area contributed by atoms with Crippen molar-refractivity contribution in [3.05, 3.63) is 47.3 Å². The lowest BCUT2D eigenvalue weighted by Gasteiger charge is -2.33. The summed E-state index contributed by atoms with van der Waals surface area (Å²) in [6.45, 7) is 6.05. The van der Waals surface area contributed by atoms with Gasteiger partial charge in [-0.1, -0.05) is 36.9 Å². The van der Waals surface area contributed by atoms with Gasteiger partial charge in [0.1, 0.15) is 5.54 Å². The van der Waals surface area contributed by atoms with Gasteiger partial charge >= 0.3 is 6.03 Å². The molecule has 1 saturated carbocycles. The van der Waals surface area contributed by atoms with E-state index in [9.17, 15) is 19.2 Å². The van der Waals surface area contributed by atoms with E-state index in [4.69, 9.17) is 0 Å². The van der Waals surface area contributed by atoms with E-state index in [1.807, 2.05) is 0 Å². The summed E-state index contributed by atoms with van der Waals surface area (Å²) in [5.74, 6) is -0.566. The van der Waals surface area contributed by atoms with Crippen LogP contribution in [0.5, 0.6) is 0 Å². The Balaban J connectivity index is 1.46. The average Bonchev–Trinajstić information content (AvgIpc) is 3.01. The van der Waals surface area contributed by atoms with E-state index in [2.05, 4.69) is 29.2 Å². The molecule has 4 amide bonds. The van der Waals surface area contributed by atoms with Crippen molar-refractivity contribution in [2.45, 2.75) is 49.8 Å². The van der Waals surface area contributed by atoms with Crippen LogP contribution in [0.25, 0.3) is 10.9 Å². The molecule has 0 unspecified atom stereocenters. The lowest BCUT2D eigenvalue weighted by atomic mass is 9.77. The number of nitrogens with zero attached hydrogens (tertiary/aromatic N) is 3. The van der Waals surface area contributed by atoms with Gasteiger partial charge in [0.2, 0.25) is 5.91 Å². The molecule has 2 aromatic rings. The third-order valence-corrected chi connectivity index (χ3v) is 6.97. The second kappa shape index (κ2) is 8.78. The van der Waals surface area contributed by atoms with Gasteiger partial charge in [-0.15, -0.1) is 6.58 Å². The van der Waals surface area contributed by atoms with E-state index < -0.39 is 23.4 Å². The van der Waals surface area contributed by atoms with E-state index in [0.717, 1.165) is 29.6 Å². The molecule has 0 atom stereocenters. The van der Waals surface area contributed by atoms with E-state index in [-0.39, 0.29) is 17.9 Å². The largest absolute Gasteiger partial charge is 0.344 e. The second-order valence-corrected chi connectivity index (χ2v) is 9.22. The SMILES string of the molecule is C=CCn1c(SCC(=O)NN2C(=O)NC3(CCC(C)CC3)C2=O)nc2ccccc2c1=O. The maximum Gasteiger partial charge on any atom is 0.344 e. The van der Waals surface area contributed by atoms with Crippen LogP contribution in [0.3, 0.4) is 0 Å². The number of amides is 4. The molecule has 2 fully saturated rings. The third-order valence-electron chi connectivity index (χ3n) is 6.00. The quantitative estimate of drug-likeness (QED) is 0.299. The van der Waals surface area contributed by atoms with Gasteiger partial charge in [0.15, 0.2) is 5.16 Å². The van der Waals surface area contributed by atoms with Crippen LogP contribution in [0.15, 0.2) is 46.9 Å². The minimum absolute atomic E-state index is 0.122. The van der Waals surface area contributed by atoms with E-state index >= 15 is 0 Å². The van der Waals surface area contributed by atoms with Crippen LogP contribution in [0.1, 0.15) is 32.6 Å². The molecule has 1 aliphatic heterocycles. The molecule has 168 valence electrons. The summed E-state index contributed by atoms with van der Waals surface area (Å²) >= 11 is 1.06. The zero-order valence-electron chi connectivity index (χ0n) is 17.8. The highest BCUT2D eigenvalue weighted by atomic mass is 32.2. The zero-order valence-corrected chi connectivity index (χ0v) is 18.6. The number of carbonyl (C=O) groups excluding carboxylic acids is 3. The number of thioether (sulfide) groups is 1. The Morgan fingerprint density at radius 3 is 2.75 bits per heavy atom. The number of hydrazine groups is 1. The van der Waals surface area contributed by atoms with E-state index in [1.165, 1.54) is 4.57 Å². The second-order valence-electron chi connectivity index (χ2n) is 8.27. The molecule has 10 heteroatoms. The molecule has 4 rings (SSSR count). The fraction of sp³-hybridized carbons (Fsp3) is 0.409. The monoisotopic (exact) mass is 455 g/mol. The number of rotatable bonds is 6. The van der Waals surface area contributed by atoms with Gasteiger partial charge in [-0.2, -0.15) is 5.01 Å². The first-order valence-corrected chi connectivity index (χ1v) is 11.5. The first-order valence-electron chi connectivity index (χ1n) is 10.5. The van der Waals surface area contributed by atoms with Crippen LogP contribution in [-0.2, 0) is 16.1 Å². The number of aromatic nitrogens is 2. The Morgan fingerprint density at radius 1 is 1.31 bits per heavy atom. The molecule has 2 aliphatic rings. The number of imide groups is 1. The molecule has 1 aromatic carbocycles. The number of urea groups is 1. The van der Waals surface area contributed by atoms with Crippen molar-refractivity contribution in [3.63, 3.8) is 0 Å². The lowest BCUT2D eigenvalue weighted by molar-refractivity contribution is -0.139. The summed E-state index contributed by atoms with van der Waals surface area (Å²) in [4.78, 5) is 55.1. The lowest BCUT2D eigenvalue weighted by Crippen LogP contribution is -2.51. The first-order chi connectivity index (χ1) is 15.3. The molecule has 9 nitrogen and oxygen atoms in total. The highest BCUT2D eigenvalue weighted by Gasteiger charge is 2.52. The fourth-order valence-electron chi connectivity index (χ4n) is 4.15. The number of fused-ring (bicyclic) bond motifs is 1. The number of allylic oxidation sites excluding steroid dienone is 1. The average molecular weight is 456 g/mol. The van der Waals surface area contributed by atoms with Gasteiger partial charge in [-0.25, -0.2) is 9.78 Å². The van der Waals surface area contributed by atoms with Crippen molar-refractivity contribution in [1.82, 2.24) is 25.3 Å². The third kappa shape index (κ3) is 4.02. The predicted molar refractivity (Wildman–Crippen MR) is 121 cm³/mol. The Morgan fingerprint density at radius 2 is 2.03 bits per heavy atom. The molecule has 0 bridgehead atoms. The standard InChI is InChI=1S/C22H25N5O4S/c1-3-12-26-18(29)15-6-4-5-7-16(15)23-21(26)32-13-17(28)25-27-19(30)22(24-20(27)31)10-8-14(2)9-11-22/h3-7,14H,1,8-13H2,2H3,(H,24,31)(H,25,28). The topological polar surface area (TPSA) is 113 Å². The first kappa shape index (κ1) is 22.1. The molecule has 1 saturated heterocycles. The van der Waals surface area contributed by atoms with Gasteiger partial charge in [-0.3, -0.25) is 24.4 Å². The van der Waals surface area contributed by atoms with Crippen LogP contribution in [0.2, 0.25) is 0 Å². The van der Waals surface area contributed by atoms with Crippen LogP contribution in [-0.4, -0.2) is 43.7 Å². The Labute approximate surface area is 189 Å². The number of hydrogen-bond donors (Lipinski definition) is 2. The maximum absolute atomic E-state index is 12.9. The minimum Gasteiger partial charge on any atom is -0.322 e. The van der Waals surface area contributed by atoms with Gasteiger partial charge in [0, 0.05) is 6.54 Å². The Bertz CT molecular complexity index is 1150. The summed E-state index contributed by atoms with van der Waals surface area (Å²) in [7, 11) is 0. The van der Waals surface area contributed by atoms with Crippen molar-refractivity contribution in [2.24, 2.45) is 5.92 Å². The number of hydrogen-bond acceptors (Lipinski definition) is 6. The predicted octanol–water partition coefficient (Wildman–Crippen LogP) is 2.21. The van der Waals surface area contributed by atoms with E-state index in [0.29, 0.717) is 34.8 Å². The van der Waals surface area contributed by atoms with Crippen molar-refractivity contribution >= 4 is 40.5 Å². The molecule has 1 aromatic heterocycles. The molecule has 2 N–H and O–H groups in total. The Kier molecular flexibility index (Phi) is 6.05. The number of para-hydroxylation sites is 1.